The number of thioether (sulfide) groups is 1. The number of ether oxygens (including phenoxy) is 1. The highest BCUT2D eigenvalue weighted by Gasteiger charge is 2.26. The van der Waals surface area contributed by atoms with Crippen molar-refractivity contribution in [3.05, 3.63) is 0 Å². The van der Waals surface area contributed by atoms with Crippen LogP contribution in [0.1, 0.15) is 38.5 Å². The fourth-order valence-corrected chi connectivity index (χ4v) is 3.58. The predicted molar refractivity (Wildman–Crippen MR) is 64.3 cm³/mol. The molecule has 0 aromatic heterocycles. The Morgan fingerprint density at radius 3 is 2.73 bits per heavy atom. The third-order valence-electron chi connectivity index (χ3n) is 3.57. The first-order valence-electron chi connectivity index (χ1n) is 6.23. The summed E-state index contributed by atoms with van der Waals surface area (Å²) in [6.45, 7) is 0.817. The SMILES string of the molecule is OC(CC1CCCCC1)C1CSCCO1. The molecule has 1 heterocycles. The Balaban J connectivity index is 1.72. The third-order valence-corrected chi connectivity index (χ3v) is 4.59. The van der Waals surface area contributed by atoms with E-state index in [4.69, 9.17) is 4.74 Å². The number of rotatable bonds is 3. The molecule has 1 aliphatic carbocycles. The predicted octanol–water partition coefficient (Wildman–Crippen LogP) is 2.45. The molecule has 2 fully saturated rings. The second-order valence-corrected chi connectivity index (χ2v) is 5.94. The van der Waals surface area contributed by atoms with Crippen LogP contribution in [0.25, 0.3) is 0 Å². The molecule has 1 aliphatic heterocycles. The minimum atomic E-state index is -0.221. The zero-order valence-corrected chi connectivity index (χ0v) is 10.2. The van der Waals surface area contributed by atoms with Gasteiger partial charge in [-0.1, -0.05) is 32.1 Å². The van der Waals surface area contributed by atoms with Crippen LogP contribution in [0.15, 0.2) is 0 Å². The maximum Gasteiger partial charge on any atom is 0.0924 e. The quantitative estimate of drug-likeness (QED) is 0.807. The van der Waals surface area contributed by atoms with Crippen LogP contribution in [0.5, 0.6) is 0 Å². The van der Waals surface area contributed by atoms with Crippen LogP contribution in [0.2, 0.25) is 0 Å². The van der Waals surface area contributed by atoms with Crippen molar-refractivity contribution in [1.29, 1.82) is 0 Å². The maximum atomic E-state index is 10.1. The molecule has 0 aromatic rings. The standard InChI is InChI=1S/C12H22O2S/c13-11(12-9-15-7-6-14-12)8-10-4-2-1-3-5-10/h10-13H,1-9H2. The highest BCUT2D eigenvalue weighted by molar-refractivity contribution is 7.99. The number of hydrogen-bond acceptors (Lipinski definition) is 3. The van der Waals surface area contributed by atoms with E-state index in [1.54, 1.807) is 0 Å². The summed E-state index contributed by atoms with van der Waals surface area (Å²) in [4.78, 5) is 0. The van der Waals surface area contributed by atoms with Crippen molar-refractivity contribution >= 4 is 11.8 Å². The van der Waals surface area contributed by atoms with Crippen LogP contribution in [0.4, 0.5) is 0 Å². The Hall–Kier alpha value is 0.270. The molecule has 1 saturated carbocycles. The second-order valence-electron chi connectivity index (χ2n) is 4.79. The largest absolute Gasteiger partial charge is 0.390 e. The molecule has 0 spiro atoms. The molecule has 0 aromatic carbocycles. The topological polar surface area (TPSA) is 29.5 Å². The summed E-state index contributed by atoms with van der Waals surface area (Å²) in [6.07, 6.45) is 7.59. The number of aliphatic hydroxyl groups excluding tert-OH is 1. The van der Waals surface area contributed by atoms with Crippen molar-refractivity contribution in [3.63, 3.8) is 0 Å². The number of hydrogen-bond donors (Lipinski definition) is 1. The Morgan fingerprint density at radius 2 is 2.07 bits per heavy atom. The normalized spacial score (nSPS) is 31.4. The Labute approximate surface area is 96.8 Å². The van der Waals surface area contributed by atoms with E-state index in [9.17, 15) is 5.11 Å². The van der Waals surface area contributed by atoms with E-state index >= 15 is 0 Å². The van der Waals surface area contributed by atoms with Crippen LogP contribution >= 0.6 is 11.8 Å². The first-order chi connectivity index (χ1) is 7.36. The van der Waals surface area contributed by atoms with Gasteiger partial charge in [-0.15, -0.1) is 0 Å². The van der Waals surface area contributed by atoms with E-state index < -0.39 is 0 Å². The average Bonchev–Trinajstić information content (AvgIpc) is 2.31. The molecule has 1 saturated heterocycles. The minimum absolute atomic E-state index is 0.102. The molecule has 2 atom stereocenters. The van der Waals surface area contributed by atoms with Crippen LogP contribution in [0, 0.1) is 5.92 Å². The van der Waals surface area contributed by atoms with Crippen molar-refractivity contribution < 1.29 is 9.84 Å². The minimum Gasteiger partial charge on any atom is -0.390 e. The summed E-state index contributed by atoms with van der Waals surface area (Å²) in [7, 11) is 0. The van der Waals surface area contributed by atoms with E-state index in [2.05, 4.69) is 0 Å². The van der Waals surface area contributed by atoms with Gasteiger partial charge in [-0.25, -0.2) is 0 Å². The van der Waals surface area contributed by atoms with Gasteiger partial charge >= 0.3 is 0 Å². The Bertz CT molecular complexity index is 174. The van der Waals surface area contributed by atoms with Crippen molar-refractivity contribution in [2.24, 2.45) is 5.92 Å². The molecule has 0 bridgehead atoms. The molecule has 0 amide bonds. The lowest BCUT2D eigenvalue weighted by Crippen LogP contribution is -2.36. The fourth-order valence-electron chi connectivity index (χ4n) is 2.64. The molecular weight excluding hydrogens is 208 g/mol. The molecule has 2 nitrogen and oxygen atoms in total. The molecule has 0 radical (unpaired) electrons. The summed E-state index contributed by atoms with van der Waals surface area (Å²) in [5.41, 5.74) is 0. The molecule has 88 valence electrons. The van der Waals surface area contributed by atoms with Gasteiger partial charge in [0.05, 0.1) is 18.8 Å². The van der Waals surface area contributed by atoms with Gasteiger partial charge < -0.3 is 9.84 Å². The molecule has 2 aliphatic rings. The summed E-state index contributed by atoms with van der Waals surface area (Å²) in [5, 5.41) is 10.1. The van der Waals surface area contributed by atoms with Crippen molar-refractivity contribution in [1.82, 2.24) is 0 Å². The van der Waals surface area contributed by atoms with E-state index in [0.29, 0.717) is 0 Å². The first-order valence-corrected chi connectivity index (χ1v) is 7.39. The van der Waals surface area contributed by atoms with E-state index in [0.717, 1.165) is 30.5 Å². The molecule has 1 N–H and O–H groups in total. The zero-order chi connectivity index (χ0) is 10.5. The van der Waals surface area contributed by atoms with Crippen LogP contribution in [0.3, 0.4) is 0 Å². The average molecular weight is 230 g/mol. The Morgan fingerprint density at radius 1 is 1.27 bits per heavy atom. The molecule has 3 heteroatoms. The molecule has 15 heavy (non-hydrogen) atoms. The first kappa shape index (κ1) is 11.7. The van der Waals surface area contributed by atoms with Crippen molar-refractivity contribution in [2.45, 2.75) is 50.7 Å². The van der Waals surface area contributed by atoms with Gasteiger partial charge in [-0.2, -0.15) is 11.8 Å². The van der Waals surface area contributed by atoms with Gasteiger partial charge in [0.25, 0.3) is 0 Å². The fraction of sp³-hybridized carbons (Fsp3) is 1.00. The van der Waals surface area contributed by atoms with Gasteiger partial charge in [-0.3, -0.25) is 0 Å². The van der Waals surface area contributed by atoms with E-state index in [1.807, 2.05) is 11.8 Å². The van der Waals surface area contributed by atoms with Gasteiger partial charge in [0.1, 0.15) is 0 Å². The highest BCUT2D eigenvalue weighted by Crippen LogP contribution is 2.29. The molecular formula is C12H22O2S. The summed E-state index contributed by atoms with van der Waals surface area (Å²) in [6, 6.07) is 0. The van der Waals surface area contributed by atoms with E-state index in [-0.39, 0.29) is 12.2 Å². The highest BCUT2D eigenvalue weighted by atomic mass is 32.2. The summed E-state index contributed by atoms with van der Waals surface area (Å²) < 4.78 is 5.61. The van der Waals surface area contributed by atoms with Gasteiger partial charge in [-0.05, 0) is 12.3 Å². The monoisotopic (exact) mass is 230 g/mol. The van der Waals surface area contributed by atoms with Gasteiger partial charge in [0.2, 0.25) is 0 Å². The second kappa shape index (κ2) is 6.12. The number of aliphatic hydroxyl groups is 1. The summed E-state index contributed by atoms with van der Waals surface area (Å²) in [5.74, 6) is 2.82. The zero-order valence-electron chi connectivity index (χ0n) is 9.36. The van der Waals surface area contributed by atoms with E-state index in [1.165, 1.54) is 32.1 Å². The third kappa shape index (κ3) is 3.65. The van der Waals surface area contributed by atoms with Crippen molar-refractivity contribution in [2.75, 3.05) is 18.1 Å². The Kier molecular flexibility index (Phi) is 4.79. The van der Waals surface area contributed by atoms with Crippen LogP contribution in [-0.4, -0.2) is 35.4 Å². The lowest BCUT2D eigenvalue weighted by molar-refractivity contribution is -0.0332. The summed E-state index contributed by atoms with van der Waals surface area (Å²) >= 11 is 1.91. The van der Waals surface area contributed by atoms with Crippen LogP contribution in [-0.2, 0) is 4.74 Å². The van der Waals surface area contributed by atoms with Crippen molar-refractivity contribution in [3.8, 4) is 0 Å². The molecule has 2 rings (SSSR count). The maximum absolute atomic E-state index is 10.1. The molecule has 2 unspecified atom stereocenters. The lowest BCUT2D eigenvalue weighted by atomic mass is 9.84. The lowest BCUT2D eigenvalue weighted by Gasteiger charge is -2.30. The van der Waals surface area contributed by atoms with Gasteiger partial charge in [0.15, 0.2) is 0 Å². The van der Waals surface area contributed by atoms with Gasteiger partial charge in [0, 0.05) is 11.5 Å². The smallest absolute Gasteiger partial charge is 0.0924 e. The van der Waals surface area contributed by atoms with Crippen LogP contribution < -0.4 is 0 Å².